The molecule has 1 aromatic heterocycles. The van der Waals surface area contributed by atoms with Gasteiger partial charge in [0.25, 0.3) is 16.8 Å². The van der Waals surface area contributed by atoms with Crippen LogP contribution >= 0.6 is 46.5 Å². The number of nitrogens with zero attached hydrogens (tertiary/aromatic N) is 4. The number of carbonyl (C=O) groups excluding carboxylic acids is 5. The number of nitro groups is 1. The molecule has 1 heterocycles. The van der Waals surface area contributed by atoms with Crippen molar-refractivity contribution in [1.82, 2.24) is 15.1 Å². The first kappa shape index (κ1) is 56.3. The molecule has 0 saturated carbocycles. The van der Waals surface area contributed by atoms with Crippen LogP contribution in [0.2, 0.25) is 5.02 Å². The van der Waals surface area contributed by atoms with Crippen LogP contribution < -0.4 is 20.1 Å². The van der Waals surface area contributed by atoms with E-state index in [4.69, 9.17) is 25.8 Å². The number of hydrogen-bond donors (Lipinski definition) is 2. The molecular weight excluding hydrogens is 964 g/mol. The summed E-state index contributed by atoms with van der Waals surface area (Å²) in [5, 5.41) is 25.1. The number of anilines is 2. The predicted molar refractivity (Wildman–Crippen MR) is 273 cm³/mol. The van der Waals surface area contributed by atoms with E-state index in [0.29, 0.717) is 27.4 Å². The molecule has 1 atom stereocenters. The van der Waals surface area contributed by atoms with Crippen LogP contribution in [0.1, 0.15) is 106 Å². The number of Topliss-reactive ketones (excluding diaryl/α,β-unsaturated/α-hetero) is 1. The molecule has 2 N–H and O–H groups in total. The Morgan fingerprint density at radius 2 is 1.54 bits per heavy atom. The lowest BCUT2D eigenvalue weighted by Crippen LogP contribution is -2.45. The third-order valence-corrected chi connectivity index (χ3v) is 13.1. The van der Waals surface area contributed by atoms with Crippen LogP contribution in [0.4, 0.5) is 21.9 Å². The molecule has 0 aliphatic rings. The average Bonchev–Trinajstić information content (AvgIpc) is 3.69. The molecule has 0 bridgehead atoms. The molecule has 4 aromatic rings. The van der Waals surface area contributed by atoms with Crippen LogP contribution in [-0.4, -0.2) is 80.4 Å². The second-order valence-corrected chi connectivity index (χ2v) is 23.4. The summed E-state index contributed by atoms with van der Waals surface area (Å²) in [4.78, 5) is 79.2. The number of thioether (sulfide) groups is 2. The highest BCUT2D eigenvalue weighted by Crippen LogP contribution is 2.35. The number of carbonyl (C=O) groups is 5. The number of ketones is 1. The van der Waals surface area contributed by atoms with Crippen molar-refractivity contribution in [2.75, 3.05) is 36.1 Å². The van der Waals surface area contributed by atoms with Gasteiger partial charge in [-0.2, -0.15) is 0 Å². The van der Waals surface area contributed by atoms with E-state index < -0.39 is 39.3 Å². The van der Waals surface area contributed by atoms with E-state index in [-0.39, 0.29) is 76.3 Å². The van der Waals surface area contributed by atoms with Gasteiger partial charge in [-0.15, -0.1) is 10.2 Å². The minimum atomic E-state index is -1.79. The zero-order chi connectivity index (χ0) is 51.3. The topological polar surface area (TPSA) is 209 Å². The number of benzene rings is 3. The number of halogens is 1. The van der Waals surface area contributed by atoms with Crippen LogP contribution in [0.25, 0.3) is 0 Å². The van der Waals surface area contributed by atoms with Crippen LogP contribution in [0, 0.1) is 26.4 Å². The van der Waals surface area contributed by atoms with Crippen molar-refractivity contribution in [2.45, 2.75) is 123 Å². The Morgan fingerprint density at radius 3 is 2.17 bits per heavy atom. The van der Waals surface area contributed by atoms with Gasteiger partial charge in [-0.1, -0.05) is 109 Å². The van der Waals surface area contributed by atoms with Gasteiger partial charge in [-0.3, -0.25) is 34.1 Å². The second kappa shape index (κ2) is 25.0. The van der Waals surface area contributed by atoms with Gasteiger partial charge in [0.2, 0.25) is 12.0 Å². The molecular formula is C49H63ClN6O10S3. The summed E-state index contributed by atoms with van der Waals surface area (Å²) < 4.78 is 18.1. The van der Waals surface area contributed by atoms with E-state index in [9.17, 15) is 34.1 Å². The molecule has 0 saturated heterocycles. The molecule has 0 aliphatic heterocycles. The average molecular weight is 1030 g/mol. The lowest BCUT2D eigenvalue weighted by Gasteiger charge is -2.27. The van der Waals surface area contributed by atoms with Crippen LogP contribution in [0.15, 0.2) is 63.3 Å². The van der Waals surface area contributed by atoms with Crippen molar-refractivity contribution < 1.29 is 43.1 Å². The second-order valence-electron chi connectivity index (χ2n) is 19.6. The Balaban J connectivity index is 1.47. The molecule has 3 aromatic carbocycles. The molecule has 374 valence electrons. The van der Waals surface area contributed by atoms with Crippen molar-refractivity contribution in [3.63, 3.8) is 0 Å². The minimum absolute atomic E-state index is 0.0248. The van der Waals surface area contributed by atoms with E-state index in [2.05, 4.69) is 74.5 Å². The quantitative estimate of drug-likeness (QED) is 0.0187. The first-order chi connectivity index (χ1) is 32.2. The van der Waals surface area contributed by atoms with Crippen molar-refractivity contribution in [2.24, 2.45) is 16.2 Å². The van der Waals surface area contributed by atoms with Gasteiger partial charge < -0.3 is 29.7 Å². The third kappa shape index (κ3) is 18.6. The van der Waals surface area contributed by atoms with Crippen molar-refractivity contribution >= 4 is 92.3 Å². The standard InChI is InChI=1S/C49H63ClN6O10S3/c1-12-55(46(61)69-45-54-53-44(68-45)67-29-40(58)64-13-2)28-32-24-34(56(62)63)18-21-38(32)66-41(42(59)49(9,10)11)43(60)52-36-25-33(17-19-35(36)50)51-39(57)15-14-22-65-37-20-16-30(26-47(3,4)5)23-31(37)27-48(6,7)8/h16-21,23-25,41H,12-15,22,26-29H2,1-11H3,(H,51,57)(H,52,60). The Labute approximate surface area is 421 Å². The summed E-state index contributed by atoms with van der Waals surface area (Å²) in [6.45, 7) is 22.0. The molecule has 0 spiro atoms. The predicted octanol–water partition coefficient (Wildman–Crippen LogP) is 11.5. The lowest BCUT2D eigenvalue weighted by molar-refractivity contribution is -0.385. The van der Waals surface area contributed by atoms with Gasteiger partial charge in [-0.05, 0) is 85.4 Å². The van der Waals surface area contributed by atoms with Gasteiger partial charge in [-0.25, -0.2) is 0 Å². The fraction of sp³-hybridized carbons (Fsp3) is 0.490. The van der Waals surface area contributed by atoms with Crippen LogP contribution in [0.3, 0.4) is 0 Å². The summed E-state index contributed by atoms with van der Waals surface area (Å²) in [7, 11) is 0. The first-order valence-corrected chi connectivity index (χ1v) is 25.5. The van der Waals surface area contributed by atoms with Gasteiger partial charge >= 0.3 is 5.97 Å². The zero-order valence-electron chi connectivity index (χ0n) is 41.1. The van der Waals surface area contributed by atoms with Gasteiger partial charge in [0.05, 0.1) is 41.1 Å². The Morgan fingerprint density at radius 1 is 0.855 bits per heavy atom. The maximum Gasteiger partial charge on any atom is 0.316 e. The lowest BCUT2D eigenvalue weighted by atomic mass is 9.84. The first-order valence-electron chi connectivity index (χ1n) is 22.5. The number of nitrogens with one attached hydrogen (secondary N) is 2. The van der Waals surface area contributed by atoms with E-state index >= 15 is 0 Å². The van der Waals surface area contributed by atoms with Gasteiger partial charge in [0.1, 0.15) is 11.5 Å². The van der Waals surface area contributed by atoms with Gasteiger partial charge in [0.15, 0.2) is 14.5 Å². The molecule has 1 unspecified atom stereocenters. The summed E-state index contributed by atoms with van der Waals surface area (Å²) in [5.41, 5.74) is 1.72. The monoisotopic (exact) mass is 1030 g/mol. The molecule has 20 heteroatoms. The van der Waals surface area contributed by atoms with Crippen LogP contribution in [-0.2, 0) is 43.3 Å². The highest BCUT2D eigenvalue weighted by Gasteiger charge is 2.38. The molecule has 0 radical (unpaired) electrons. The van der Waals surface area contributed by atoms with E-state index in [0.717, 1.165) is 59.0 Å². The number of ether oxygens (including phenoxy) is 3. The highest BCUT2D eigenvalue weighted by atomic mass is 35.5. The van der Waals surface area contributed by atoms with Crippen molar-refractivity contribution in [1.29, 1.82) is 0 Å². The fourth-order valence-corrected chi connectivity index (χ4v) is 9.55. The number of hydrogen-bond acceptors (Lipinski definition) is 15. The number of nitro benzene ring substituents is 1. The fourth-order valence-electron chi connectivity index (χ4n) is 6.68. The molecule has 4 rings (SSSR count). The van der Waals surface area contributed by atoms with E-state index in [1.165, 1.54) is 40.8 Å². The molecule has 69 heavy (non-hydrogen) atoms. The summed E-state index contributed by atoms with van der Waals surface area (Å²) in [6, 6.07) is 14.5. The van der Waals surface area contributed by atoms with E-state index in [1.807, 2.05) is 6.07 Å². The maximum atomic E-state index is 14.1. The summed E-state index contributed by atoms with van der Waals surface area (Å²) >= 11 is 9.56. The minimum Gasteiger partial charge on any atom is -0.493 e. The van der Waals surface area contributed by atoms with E-state index in [1.54, 1.807) is 40.7 Å². The number of aromatic nitrogens is 2. The highest BCUT2D eigenvalue weighted by molar-refractivity contribution is 8.15. The normalized spacial score (nSPS) is 12.2. The largest absolute Gasteiger partial charge is 0.493 e. The van der Waals surface area contributed by atoms with Gasteiger partial charge in [0, 0.05) is 53.5 Å². The number of rotatable bonds is 22. The Hall–Kier alpha value is -5.24. The van der Waals surface area contributed by atoms with Crippen molar-refractivity contribution in [3.05, 3.63) is 86.4 Å². The third-order valence-electron chi connectivity index (χ3n) is 9.79. The maximum absolute atomic E-state index is 14.1. The Kier molecular flexibility index (Phi) is 20.5. The SMILES string of the molecule is CCOC(=O)CSc1nnc(SC(=O)N(CC)Cc2cc([N+](=O)[O-])ccc2OC(C(=O)Nc2cc(NC(=O)CCCOc3ccc(CC(C)(C)C)cc3CC(C)(C)C)ccc2Cl)C(=O)C(C)(C)C)s1. The number of esters is 1. The summed E-state index contributed by atoms with van der Waals surface area (Å²) in [5.74, 6) is -1.45. The zero-order valence-corrected chi connectivity index (χ0v) is 44.3. The molecule has 16 nitrogen and oxygen atoms in total. The van der Waals surface area contributed by atoms with Crippen LogP contribution in [0.5, 0.6) is 11.5 Å². The Bertz CT molecular complexity index is 2480. The van der Waals surface area contributed by atoms with Crippen molar-refractivity contribution in [3.8, 4) is 11.5 Å². The number of amides is 3. The smallest absolute Gasteiger partial charge is 0.316 e. The number of non-ortho nitro benzene ring substituents is 1. The molecule has 3 amide bonds. The summed E-state index contributed by atoms with van der Waals surface area (Å²) in [6.07, 6.45) is 0.573. The molecule has 0 aliphatic carbocycles. The molecule has 0 fully saturated rings.